The van der Waals surface area contributed by atoms with Crippen LogP contribution in [0.4, 0.5) is 0 Å². The second-order valence-corrected chi connectivity index (χ2v) is 4.40. The van der Waals surface area contributed by atoms with E-state index in [9.17, 15) is 0 Å². The lowest BCUT2D eigenvalue weighted by Gasteiger charge is -2.08. The fourth-order valence-electron chi connectivity index (χ4n) is 1.42. The molecular weight excluding hydrogens is 224 g/mol. The van der Waals surface area contributed by atoms with Crippen molar-refractivity contribution in [3.8, 4) is 5.88 Å². The van der Waals surface area contributed by atoms with Crippen LogP contribution in [0.3, 0.4) is 0 Å². The number of alkyl halides is 1. The normalized spacial score (nSPS) is 12.4. The van der Waals surface area contributed by atoms with E-state index in [2.05, 4.69) is 23.8 Å². The first-order valence-electron chi connectivity index (χ1n) is 5.84. The number of nitrogens with zero attached hydrogens (tertiary/aromatic N) is 2. The van der Waals surface area contributed by atoms with Gasteiger partial charge in [0, 0.05) is 23.6 Å². The van der Waals surface area contributed by atoms with E-state index in [0.29, 0.717) is 12.5 Å². The minimum atomic E-state index is 0.152. The summed E-state index contributed by atoms with van der Waals surface area (Å²) in [5, 5.41) is 0.152. The van der Waals surface area contributed by atoms with Crippen molar-refractivity contribution in [3.05, 3.63) is 18.1 Å². The van der Waals surface area contributed by atoms with Gasteiger partial charge in [-0.3, -0.25) is 0 Å². The van der Waals surface area contributed by atoms with Gasteiger partial charge in [0.15, 0.2) is 0 Å². The fraction of sp³-hybridized carbons (Fsp3) is 0.667. The quantitative estimate of drug-likeness (QED) is 0.689. The second-order valence-electron chi connectivity index (χ2n) is 3.79. The number of aromatic nitrogens is 2. The monoisotopic (exact) mass is 242 g/mol. The van der Waals surface area contributed by atoms with E-state index in [-0.39, 0.29) is 5.38 Å². The molecular formula is C12H19ClN2O. The Kier molecular flexibility index (Phi) is 6.16. The van der Waals surface area contributed by atoms with Crippen molar-refractivity contribution >= 4 is 11.6 Å². The fourth-order valence-corrected chi connectivity index (χ4v) is 1.79. The predicted octanol–water partition coefficient (Wildman–Crippen LogP) is 3.22. The molecule has 1 unspecified atom stereocenters. The largest absolute Gasteiger partial charge is 0.478 e. The third kappa shape index (κ3) is 4.79. The van der Waals surface area contributed by atoms with Crippen LogP contribution in [-0.4, -0.2) is 22.0 Å². The summed E-state index contributed by atoms with van der Waals surface area (Å²) >= 11 is 6.17. The summed E-state index contributed by atoms with van der Waals surface area (Å²) < 4.78 is 5.44. The first-order valence-corrected chi connectivity index (χ1v) is 6.27. The number of hydrogen-bond acceptors (Lipinski definition) is 3. The highest BCUT2D eigenvalue weighted by Crippen LogP contribution is 2.14. The van der Waals surface area contributed by atoms with Gasteiger partial charge in [-0.15, -0.1) is 11.6 Å². The van der Waals surface area contributed by atoms with Crippen molar-refractivity contribution in [1.29, 1.82) is 0 Å². The maximum absolute atomic E-state index is 6.17. The first kappa shape index (κ1) is 13.2. The Morgan fingerprint density at radius 3 is 2.81 bits per heavy atom. The predicted molar refractivity (Wildman–Crippen MR) is 66.1 cm³/mol. The van der Waals surface area contributed by atoms with Gasteiger partial charge in [-0.2, -0.15) is 0 Å². The number of hydrogen-bond donors (Lipinski definition) is 0. The topological polar surface area (TPSA) is 35.0 Å². The number of ether oxygens (including phenoxy) is 1. The summed E-state index contributed by atoms with van der Waals surface area (Å²) in [6, 6.07) is 1.88. The Labute approximate surface area is 102 Å². The molecule has 0 aliphatic heterocycles. The molecule has 1 aromatic rings. The molecule has 0 aliphatic carbocycles. The summed E-state index contributed by atoms with van der Waals surface area (Å²) in [6.45, 7) is 4.89. The average molecular weight is 243 g/mol. The molecule has 0 amide bonds. The zero-order chi connectivity index (χ0) is 11.8. The van der Waals surface area contributed by atoms with Crippen molar-refractivity contribution in [1.82, 2.24) is 9.97 Å². The standard InChI is InChI=1S/C12H19ClN2O/c1-3-5-10(13)7-11-8-12(15-9-14-11)16-6-4-2/h8-10H,3-7H2,1-2H3. The van der Waals surface area contributed by atoms with E-state index in [4.69, 9.17) is 16.3 Å². The van der Waals surface area contributed by atoms with Crippen molar-refractivity contribution in [2.45, 2.75) is 44.9 Å². The van der Waals surface area contributed by atoms with E-state index in [1.807, 2.05) is 6.07 Å². The Balaban J connectivity index is 2.52. The van der Waals surface area contributed by atoms with Crippen molar-refractivity contribution in [2.24, 2.45) is 0 Å². The van der Waals surface area contributed by atoms with Crippen molar-refractivity contribution in [3.63, 3.8) is 0 Å². The summed E-state index contributed by atoms with van der Waals surface area (Å²) in [5.74, 6) is 0.646. The van der Waals surface area contributed by atoms with Gasteiger partial charge in [0.25, 0.3) is 0 Å². The van der Waals surface area contributed by atoms with Gasteiger partial charge in [0.1, 0.15) is 6.33 Å². The van der Waals surface area contributed by atoms with Crippen LogP contribution in [0.5, 0.6) is 5.88 Å². The Bertz CT molecular complexity index is 307. The third-order valence-electron chi connectivity index (χ3n) is 2.19. The van der Waals surface area contributed by atoms with Gasteiger partial charge >= 0.3 is 0 Å². The molecule has 0 aliphatic rings. The molecule has 0 bridgehead atoms. The zero-order valence-electron chi connectivity index (χ0n) is 9.95. The first-order chi connectivity index (χ1) is 7.76. The molecule has 0 fully saturated rings. The van der Waals surface area contributed by atoms with Crippen LogP contribution < -0.4 is 4.74 Å². The second kappa shape index (κ2) is 7.44. The van der Waals surface area contributed by atoms with Crippen LogP contribution in [-0.2, 0) is 6.42 Å². The molecule has 0 saturated heterocycles. The summed E-state index contributed by atoms with van der Waals surface area (Å²) in [7, 11) is 0. The Morgan fingerprint density at radius 1 is 1.31 bits per heavy atom. The van der Waals surface area contributed by atoms with E-state index in [0.717, 1.165) is 31.4 Å². The molecule has 0 radical (unpaired) electrons. The summed E-state index contributed by atoms with van der Waals surface area (Å²) in [6.07, 6.45) is 5.40. The molecule has 0 aromatic carbocycles. The van der Waals surface area contributed by atoms with Gasteiger partial charge in [0.2, 0.25) is 5.88 Å². The molecule has 1 atom stereocenters. The maximum atomic E-state index is 6.17. The number of rotatable bonds is 7. The van der Waals surface area contributed by atoms with E-state index >= 15 is 0 Å². The van der Waals surface area contributed by atoms with Crippen LogP contribution >= 0.6 is 11.6 Å². The molecule has 90 valence electrons. The average Bonchev–Trinajstić information content (AvgIpc) is 2.27. The van der Waals surface area contributed by atoms with Crippen LogP contribution in [0.2, 0.25) is 0 Å². The molecule has 0 N–H and O–H groups in total. The highest BCUT2D eigenvalue weighted by Gasteiger charge is 2.07. The molecule has 0 saturated carbocycles. The summed E-state index contributed by atoms with van der Waals surface area (Å²) in [5.41, 5.74) is 0.953. The minimum Gasteiger partial charge on any atom is -0.478 e. The lowest BCUT2D eigenvalue weighted by molar-refractivity contribution is 0.304. The zero-order valence-corrected chi connectivity index (χ0v) is 10.7. The summed E-state index contributed by atoms with van der Waals surface area (Å²) in [4.78, 5) is 8.25. The molecule has 1 aromatic heterocycles. The third-order valence-corrected chi connectivity index (χ3v) is 2.56. The lowest BCUT2D eigenvalue weighted by atomic mass is 10.1. The van der Waals surface area contributed by atoms with Gasteiger partial charge in [-0.1, -0.05) is 20.3 Å². The lowest BCUT2D eigenvalue weighted by Crippen LogP contribution is -2.06. The highest BCUT2D eigenvalue weighted by atomic mass is 35.5. The smallest absolute Gasteiger partial charge is 0.216 e. The number of halogens is 1. The van der Waals surface area contributed by atoms with Crippen molar-refractivity contribution in [2.75, 3.05) is 6.61 Å². The Morgan fingerprint density at radius 2 is 2.12 bits per heavy atom. The van der Waals surface area contributed by atoms with E-state index < -0.39 is 0 Å². The highest BCUT2D eigenvalue weighted by molar-refractivity contribution is 6.20. The molecule has 0 spiro atoms. The SMILES string of the molecule is CCCOc1cc(CC(Cl)CCC)ncn1. The van der Waals surface area contributed by atoms with Crippen LogP contribution in [0, 0.1) is 0 Å². The van der Waals surface area contributed by atoms with Crippen LogP contribution in [0.25, 0.3) is 0 Å². The van der Waals surface area contributed by atoms with Gasteiger partial charge in [-0.05, 0) is 12.8 Å². The molecule has 3 nitrogen and oxygen atoms in total. The minimum absolute atomic E-state index is 0.152. The van der Waals surface area contributed by atoms with Gasteiger partial charge in [-0.25, -0.2) is 9.97 Å². The molecule has 16 heavy (non-hydrogen) atoms. The van der Waals surface area contributed by atoms with E-state index in [1.54, 1.807) is 0 Å². The van der Waals surface area contributed by atoms with Crippen LogP contribution in [0.15, 0.2) is 12.4 Å². The van der Waals surface area contributed by atoms with Gasteiger partial charge < -0.3 is 4.74 Å². The van der Waals surface area contributed by atoms with Gasteiger partial charge in [0.05, 0.1) is 6.61 Å². The van der Waals surface area contributed by atoms with Crippen molar-refractivity contribution < 1.29 is 4.74 Å². The maximum Gasteiger partial charge on any atom is 0.216 e. The molecule has 1 rings (SSSR count). The van der Waals surface area contributed by atoms with Crippen LogP contribution in [0.1, 0.15) is 38.8 Å². The molecule has 4 heteroatoms. The Hall–Kier alpha value is -0.830. The molecule has 1 heterocycles. The van der Waals surface area contributed by atoms with E-state index in [1.165, 1.54) is 6.33 Å².